The highest BCUT2D eigenvalue weighted by Crippen LogP contribution is 2.30. The van der Waals surface area contributed by atoms with Crippen molar-refractivity contribution in [3.8, 4) is 11.5 Å². The van der Waals surface area contributed by atoms with Gasteiger partial charge in [0.05, 0.1) is 17.4 Å². The fourth-order valence-electron chi connectivity index (χ4n) is 3.00. The van der Waals surface area contributed by atoms with Crippen LogP contribution in [0.15, 0.2) is 16.8 Å². The van der Waals surface area contributed by atoms with Crippen LogP contribution in [0.2, 0.25) is 0 Å². The van der Waals surface area contributed by atoms with Crippen LogP contribution < -0.4 is 10.6 Å². The number of pyridine rings is 1. The Kier molecular flexibility index (Phi) is 4.79. The molecule has 2 heterocycles. The van der Waals surface area contributed by atoms with Gasteiger partial charge in [-0.15, -0.1) is 0 Å². The third-order valence-corrected chi connectivity index (χ3v) is 4.05. The van der Waals surface area contributed by atoms with E-state index in [1.54, 1.807) is 0 Å². The van der Waals surface area contributed by atoms with Crippen molar-refractivity contribution in [1.29, 1.82) is 0 Å². The summed E-state index contributed by atoms with van der Waals surface area (Å²) in [4.78, 5) is 8.98. The van der Waals surface area contributed by atoms with Gasteiger partial charge < -0.3 is 15.2 Å². The first kappa shape index (κ1) is 15.8. The van der Waals surface area contributed by atoms with E-state index in [0.29, 0.717) is 23.8 Å². The van der Waals surface area contributed by atoms with E-state index in [-0.39, 0.29) is 0 Å². The summed E-state index contributed by atoms with van der Waals surface area (Å²) < 4.78 is 5.37. The quantitative estimate of drug-likeness (QED) is 0.868. The van der Waals surface area contributed by atoms with E-state index in [0.717, 1.165) is 17.1 Å². The zero-order valence-corrected chi connectivity index (χ0v) is 14.1. The predicted molar refractivity (Wildman–Crippen MR) is 91.5 cm³/mol. The Balaban J connectivity index is 1.90. The van der Waals surface area contributed by atoms with Gasteiger partial charge in [0.2, 0.25) is 0 Å². The number of nitrogens with one attached hydrogen (secondary N) is 2. The van der Waals surface area contributed by atoms with E-state index < -0.39 is 0 Å². The summed E-state index contributed by atoms with van der Waals surface area (Å²) in [7, 11) is 0. The fraction of sp³-hybridized carbons (Fsp3) is 0.588. The molecule has 2 N–H and O–H groups in total. The molecule has 6 heteroatoms. The highest BCUT2D eigenvalue weighted by Gasteiger charge is 2.19. The van der Waals surface area contributed by atoms with Crippen molar-refractivity contribution in [2.24, 2.45) is 0 Å². The van der Waals surface area contributed by atoms with Gasteiger partial charge in [0.1, 0.15) is 5.82 Å². The van der Waals surface area contributed by atoms with Crippen molar-refractivity contribution < 1.29 is 4.52 Å². The molecule has 0 spiro atoms. The van der Waals surface area contributed by atoms with Crippen LogP contribution in [0, 0.1) is 6.92 Å². The molecule has 2 aromatic rings. The lowest BCUT2D eigenvalue weighted by molar-refractivity contribution is 0.425. The van der Waals surface area contributed by atoms with Crippen molar-refractivity contribution in [3.63, 3.8) is 0 Å². The molecule has 23 heavy (non-hydrogen) atoms. The lowest BCUT2D eigenvalue weighted by Gasteiger charge is -2.24. The molecule has 0 aliphatic heterocycles. The number of nitrogens with zero attached hydrogens (tertiary/aromatic N) is 3. The Morgan fingerprint density at radius 2 is 2.00 bits per heavy atom. The molecule has 0 atom stereocenters. The van der Waals surface area contributed by atoms with Gasteiger partial charge in [0, 0.05) is 12.1 Å². The maximum absolute atomic E-state index is 5.37. The van der Waals surface area contributed by atoms with Crippen molar-refractivity contribution in [1.82, 2.24) is 15.1 Å². The predicted octanol–water partition coefficient (Wildman–Crippen LogP) is 4.00. The number of hydrogen-bond acceptors (Lipinski definition) is 6. The monoisotopic (exact) mass is 315 g/mol. The molecule has 0 bridgehead atoms. The first-order valence-electron chi connectivity index (χ1n) is 8.45. The Morgan fingerprint density at radius 3 is 2.65 bits per heavy atom. The van der Waals surface area contributed by atoms with Crippen LogP contribution in [0.1, 0.15) is 51.8 Å². The molecule has 2 aromatic heterocycles. The minimum atomic E-state index is 0.339. The summed E-state index contributed by atoms with van der Waals surface area (Å²) >= 11 is 0. The van der Waals surface area contributed by atoms with Gasteiger partial charge in [0.15, 0.2) is 5.82 Å². The lowest BCUT2D eigenvalue weighted by Crippen LogP contribution is -2.23. The largest absolute Gasteiger partial charge is 0.382 e. The van der Waals surface area contributed by atoms with Gasteiger partial charge in [-0.05, 0) is 39.7 Å². The minimum Gasteiger partial charge on any atom is -0.382 e. The minimum absolute atomic E-state index is 0.339. The topological polar surface area (TPSA) is 75.9 Å². The van der Waals surface area contributed by atoms with Gasteiger partial charge in [-0.25, -0.2) is 4.98 Å². The van der Waals surface area contributed by atoms with Crippen LogP contribution in [-0.4, -0.2) is 27.2 Å². The number of aryl methyl sites for hydroxylation is 1. The molecule has 124 valence electrons. The van der Waals surface area contributed by atoms with E-state index in [1.165, 1.54) is 32.1 Å². The molecule has 6 nitrogen and oxygen atoms in total. The van der Waals surface area contributed by atoms with E-state index in [1.807, 2.05) is 19.2 Å². The summed E-state index contributed by atoms with van der Waals surface area (Å²) in [5, 5.41) is 10.9. The van der Waals surface area contributed by atoms with Gasteiger partial charge in [-0.2, -0.15) is 4.98 Å². The van der Waals surface area contributed by atoms with Crippen molar-refractivity contribution in [3.05, 3.63) is 18.1 Å². The normalized spacial score (nSPS) is 15.8. The zero-order chi connectivity index (χ0) is 16.2. The lowest BCUT2D eigenvalue weighted by atomic mass is 9.95. The van der Waals surface area contributed by atoms with Crippen LogP contribution in [0.3, 0.4) is 0 Å². The number of aromatic nitrogens is 3. The standard InChI is InChI=1S/C17H25N5O/c1-11(2)19-14-9-15(17-20-12(3)22-23-17)16(18-10-14)21-13-7-5-4-6-8-13/h9-11,13,19H,4-8H2,1-3H3,(H,18,21). The van der Waals surface area contributed by atoms with Gasteiger partial charge >= 0.3 is 0 Å². The summed E-state index contributed by atoms with van der Waals surface area (Å²) in [6, 6.07) is 2.85. The molecule has 0 radical (unpaired) electrons. The Morgan fingerprint density at radius 1 is 1.22 bits per heavy atom. The molecule has 3 rings (SSSR count). The Labute approximate surface area is 137 Å². The molecule has 0 amide bonds. The molecule has 1 aliphatic rings. The Hall–Kier alpha value is -2.11. The van der Waals surface area contributed by atoms with E-state index >= 15 is 0 Å². The second-order valence-electron chi connectivity index (χ2n) is 6.55. The smallest absolute Gasteiger partial charge is 0.261 e. The number of hydrogen-bond donors (Lipinski definition) is 2. The number of anilines is 2. The Bertz CT molecular complexity index is 646. The average Bonchev–Trinajstić information content (AvgIpc) is 2.96. The highest BCUT2D eigenvalue weighted by molar-refractivity contribution is 5.73. The van der Waals surface area contributed by atoms with Crippen molar-refractivity contribution in [2.75, 3.05) is 10.6 Å². The van der Waals surface area contributed by atoms with Crippen LogP contribution in [0.4, 0.5) is 11.5 Å². The van der Waals surface area contributed by atoms with Gasteiger partial charge in [-0.3, -0.25) is 0 Å². The molecular formula is C17H25N5O. The molecule has 1 fully saturated rings. The molecule has 1 saturated carbocycles. The third kappa shape index (κ3) is 4.00. The zero-order valence-electron chi connectivity index (χ0n) is 14.1. The molecular weight excluding hydrogens is 290 g/mol. The summed E-state index contributed by atoms with van der Waals surface area (Å²) in [6.45, 7) is 6.03. The molecule has 0 unspecified atom stereocenters. The van der Waals surface area contributed by atoms with E-state index in [2.05, 4.69) is 39.6 Å². The van der Waals surface area contributed by atoms with E-state index in [9.17, 15) is 0 Å². The molecule has 1 aliphatic carbocycles. The van der Waals surface area contributed by atoms with Gasteiger partial charge in [-0.1, -0.05) is 24.4 Å². The van der Waals surface area contributed by atoms with Crippen LogP contribution in [-0.2, 0) is 0 Å². The summed E-state index contributed by atoms with van der Waals surface area (Å²) in [5.74, 6) is 1.97. The second kappa shape index (κ2) is 6.98. The van der Waals surface area contributed by atoms with Crippen LogP contribution >= 0.6 is 0 Å². The van der Waals surface area contributed by atoms with E-state index in [4.69, 9.17) is 4.52 Å². The van der Waals surface area contributed by atoms with Crippen molar-refractivity contribution in [2.45, 2.75) is 65.0 Å². The van der Waals surface area contributed by atoms with Crippen molar-refractivity contribution >= 4 is 11.5 Å². The summed E-state index contributed by atoms with van der Waals surface area (Å²) in [5.41, 5.74) is 1.82. The first-order valence-corrected chi connectivity index (χ1v) is 8.45. The van der Waals surface area contributed by atoms with Gasteiger partial charge in [0.25, 0.3) is 5.89 Å². The van der Waals surface area contributed by atoms with Crippen LogP contribution in [0.5, 0.6) is 0 Å². The maximum atomic E-state index is 5.37. The highest BCUT2D eigenvalue weighted by atomic mass is 16.5. The maximum Gasteiger partial charge on any atom is 0.261 e. The average molecular weight is 315 g/mol. The molecule has 0 saturated heterocycles. The number of rotatable bonds is 5. The SMILES string of the molecule is Cc1noc(-c2cc(NC(C)C)cnc2NC2CCCCC2)n1. The fourth-order valence-corrected chi connectivity index (χ4v) is 3.00. The third-order valence-electron chi connectivity index (χ3n) is 4.05. The summed E-state index contributed by atoms with van der Waals surface area (Å²) in [6.07, 6.45) is 8.13. The molecule has 0 aromatic carbocycles. The van der Waals surface area contributed by atoms with Crippen LogP contribution in [0.25, 0.3) is 11.5 Å². The second-order valence-corrected chi connectivity index (χ2v) is 6.55. The first-order chi connectivity index (χ1) is 11.1.